The summed E-state index contributed by atoms with van der Waals surface area (Å²) in [5.74, 6) is -0.259. The molecule has 2 aromatic rings. The predicted molar refractivity (Wildman–Crippen MR) is 87.2 cm³/mol. The summed E-state index contributed by atoms with van der Waals surface area (Å²) in [7, 11) is 0. The van der Waals surface area contributed by atoms with E-state index in [-0.39, 0.29) is 5.82 Å². The van der Waals surface area contributed by atoms with Crippen LogP contribution in [0.2, 0.25) is 0 Å². The number of allylic oxidation sites excluding steroid dienone is 2. The first-order valence-electron chi connectivity index (χ1n) is 6.64. The van der Waals surface area contributed by atoms with Crippen molar-refractivity contribution in [2.45, 2.75) is 11.8 Å². The Bertz CT molecular complexity index is 774. The van der Waals surface area contributed by atoms with Gasteiger partial charge in [0.1, 0.15) is 5.82 Å². The van der Waals surface area contributed by atoms with Crippen LogP contribution in [0.15, 0.2) is 81.7 Å². The number of nitrogens with zero attached hydrogens (tertiary/aromatic N) is 1. The maximum atomic E-state index is 13.6. The molecule has 104 valence electrons. The number of benzene rings is 2. The van der Waals surface area contributed by atoms with Crippen LogP contribution < -0.4 is 0 Å². The van der Waals surface area contributed by atoms with E-state index in [1.807, 2.05) is 31.2 Å². The molecular formula is C18H14FNS. The van der Waals surface area contributed by atoms with E-state index in [0.29, 0.717) is 0 Å². The summed E-state index contributed by atoms with van der Waals surface area (Å²) in [6.45, 7) is 5.86. The predicted octanol–water partition coefficient (Wildman–Crippen LogP) is 5.19. The molecule has 1 aliphatic rings. The van der Waals surface area contributed by atoms with Crippen molar-refractivity contribution in [3.8, 4) is 0 Å². The monoisotopic (exact) mass is 295 g/mol. The van der Waals surface area contributed by atoms with Crippen LogP contribution >= 0.6 is 11.8 Å². The fraction of sp³-hybridized carbons (Fsp3) is 0.0556. The van der Waals surface area contributed by atoms with Gasteiger partial charge in [-0.1, -0.05) is 48.7 Å². The van der Waals surface area contributed by atoms with Crippen LogP contribution in [0, 0.1) is 5.82 Å². The van der Waals surface area contributed by atoms with E-state index >= 15 is 0 Å². The van der Waals surface area contributed by atoms with E-state index in [2.05, 4.69) is 12.6 Å². The highest BCUT2D eigenvalue weighted by molar-refractivity contribution is 8.03. The highest BCUT2D eigenvalue weighted by Crippen LogP contribution is 2.36. The lowest BCUT2D eigenvalue weighted by Gasteiger charge is -2.09. The number of hydrogen-bond acceptors (Lipinski definition) is 2. The molecule has 1 aliphatic heterocycles. The van der Waals surface area contributed by atoms with Crippen molar-refractivity contribution in [1.29, 1.82) is 0 Å². The van der Waals surface area contributed by atoms with Crippen LogP contribution in [0.1, 0.15) is 18.1 Å². The summed E-state index contributed by atoms with van der Waals surface area (Å²) >= 11 is 1.67. The largest absolute Gasteiger partial charge is 0.247 e. The molecule has 0 saturated heterocycles. The zero-order chi connectivity index (χ0) is 14.8. The summed E-state index contributed by atoms with van der Waals surface area (Å²) in [5, 5.41) is 0. The first-order chi connectivity index (χ1) is 10.2. The number of fused-ring (bicyclic) bond motifs is 1. The van der Waals surface area contributed by atoms with Gasteiger partial charge < -0.3 is 0 Å². The van der Waals surface area contributed by atoms with E-state index < -0.39 is 0 Å². The third-order valence-electron chi connectivity index (χ3n) is 3.29. The second-order valence-electron chi connectivity index (χ2n) is 4.71. The van der Waals surface area contributed by atoms with Gasteiger partial charge >= 0.3 is 0 Å². The molecule has 0 radical (unpaired) electrons. The summed E-state index contributed by atoms with van der Waals surface area (Å²) in [4.78, 5) is 6.93. The minimum absolute atomic E-state index is 0.259. The van der Waals surface area contributed by atoms with E-state index in [1.54, 1.807) is 23.9 Å². The van der Waals surface area contributed by atoms with Crippen LogP contribution in [0.3, 0.4) is 0 Å². The molecular weight excluding hydrogens is 281 g/mol. The lowest BCUT2D eigenvalue weighted by atomic mass is 10.0. The topological polar surface area (TPSA) is 12.4 Å². The fourth-order valence-electron chi connectivity index (χ4n) is 2.27. The molecule has 0 aromatic heterocycles. The van der Waals surface area contributed by atoms with Crippen molar-refractivity contribution in [1.82, 2.24) is 0 Å². The average molecular weight is 295 g/mol. The highest BCUT2D eigenvalue weighted by atomic mass is 32.2. The maximum absolute atomic E-state index is 13.6. The van der Waals surface area contributed by atoms with Gasteiger partial charge in [-0.3, -0.25) is 0 Å². The molecule has 0 aliphatic carbocycles. The van der Waals surface area contributed by atoms with Crippen molar-refractivity contribution in [2.24, 2.45) is 4.99 Å². The number of hydrogen-bond donors (Lipinski definition) is 0. The van der Waals surface area contributed by atoms with Crippen molar-refractivity contribution in [3.05, 3.63) is 88.7 Å². The Labute approximate surface area is 127 Å². The first-order valence-corrected chi connectivity index (χ1v) is 7.46. The molecule has 3 rings (SSSR count). The molecule has 0 unspecified atom stereocenters. The average Bonchev–Trinajstić information content (AvgIpc) is 2.63. The number of rotatable bonds is 2. The second kappa shape index (κ2) is 5.70. The molecule has 0 amide bonds. The summed E-state index contributed by atoms with van der Waals surface area (Å²) in [5.41, 5.74) is 3.40. The van der Waals surface area contributed by atoms with Crippen LogP contribution in [0.4, 0.5) is 4.39 Å². The molecule has 1 heterocycles. The van der Waals surface area contributed by atoms with Gasteiger partial charge in [0.05, 0.1) is 11.4 Å². The van der Waals surface area contributed by atoms with E-state index in [4.69, 9.17) is 4.99 Å². The van der Waals surface area contributed by atoms with Crippen molar-refractivity contribution < 1.29 is 4.39 Å². The third-order valence-corrected chi connectivity index (χ3v) is 4.38. The van der Waals surface area contributed by atoms with Crippen LogP contribution in [-0.2, 0) is 0 Å². The van der Waals surface area contributed by atoms with Crippen LogP contribution in [0.5, 0.6) is 0 Å². The molecule has 0 atom stereocenters. The van der Waals surface area contributed by atoms with Crippen molar-refractivity contribution in [3.63, 3.8) is 0 Å². The molecule has 0 saturated carbocycles. The lowest BCUT2D eigenvalue weighted by molar-refractivity contribution is 0.627. The van der Waals surface area contributed by atoms with Gasteiger partial charge in [0, 0.05) is 20.9 Å². The normalized spacial score (nSPS) is 14.3. The smallest absolute Gasteiger partial charge is 0.123 e. The Morgan fingerprint density at radius 3 is 2.71 bits per heavy atom. The van der Waals surface area contributed by atoms with Gasteiger partial charge in [-0.2, -0.15) is 0 Å². The lowest BCUT2D eigenvalue weighted by Crippen LogP contribution is -2.04. The Morgan fingerprint density at radius 2 is 1.95 bits per heavy atom. The number of halogens is 1. The van der Waals surface area contributed by atoms with Gasteiger partial charge in [-0.15, -0.1) is 0 Å². The Balaban J connectivity index is 2.27. The summed E-state index contributed by atoms with van der Waals surface area (Å²) < 4.78 is 13.6. The van der Waals surface area contributed by atoms with Crippen molar-refractivity contribution >= 4 is 17.5 Å². The Morgan fingerprint density at radius 1 is 1.14 bits per heavy atom. The fourth-order valence-corrected chi connectivity index (χ4v) is 3.26. The Kier molecular flexibility index (Phi) is 3.76. The summed E-state index contributed by atoms with van der Waals surface area (Å²) in [6.07, 6.45) is 1.74. The maximum Gasteiger partial charge on any atom is 0.123 e. The zero-order valence-electron chi connectivity index (χ0n) is 11.6. The van der Waals surface area contributed by atoms with Crippen LogP contribution in [0.25, 0.3) is 0 Å². The van der Waals surface area contributed by atoms with E-state index in [9.17, 15) is 4.39 Å². The first kappa shape index (κ1) is 13.8. The molecule has 0 spiro atoms. The third kappa shape index (κ3) is 2.69. The SMILES string of the molecule is C=CC1=C(C)Sc2ccccc2C(c2cccc(F)c2)=N1. The molecule has 0 bridgehead atoms. The second-order valence-corrected chi connectivity index (χ2v) is 5.97. The van der Waals surface area contributed by atoms with Crippen LogP contribution in [-0.4, -0.2) is 5.71 Å². The summed E-state index contributed by atoms with van der Waals surface area (Å²) in [6, 6.07) is 14.6. The molecule has 0 fully saturated rings. The van der Waals surface area contributed by atoms with Crippen molar-refractivity contribution in [2.75, 3.05) is 0 Å². The molecule has 0 N–H and O–H groups in total. The van der Waals surface area contributed by atoms with Gasteiger partial charge in [0.15, 0.2) is 0 Å². The molecule has 2 aromatic carbocycles. The van der Waals surface area contributed by atoms with Gasteiger partial charge in [-0.05, 0) is 31.2 Å². The minimum Gasteiger partial charge on any atom is -0.247 e. The number of thioether (sulfide) groups is 1. The highest BCUT2D eigenvalue weighted by Gasteiger charge is 2.17. The zero-order valence-corrected chi connectivity index (χ0v) is 12.5. The minimum atomic E-state index is -0.259. The van der Waals surface area contributed by atoms with Gasteiger partial charge in [0.2, 0.25) is 0 Å². The van der Waals surface area contributed by atoms with E-state index in [0.717, 1.165) is 32.3 Å². The Hall–Kier alpha value is -2.13. The van der Waals surface area contributed by atoms with Gasteiger partial charge in [-0.25, -0.2) is 9.38 Å². The van der Waals surface area contributed by atoms with Gasteiger partial charge in [0.25, 0.3) is 0 Å². The van der Waals surface area contributed by atoms with E-state index in [1.165, 1.54) is 12.1 Å². The quantitative estimate of drug-likeness (QED) is 0.743. The molecule has 21 heavy (non-hydrogen) atoms. The molecule has 3 heteroatoms. The standard InChI is InChI=1S/C18H14FNS/c1-3-16-12(2)21-17-10-5-4-9-15(17)18(20-16)13-7-6-8-14(19)11-13/h3-11H,1H2,2H3. The molecule has 1 nitrogen and oxygen atoms in total. The number of aliphatic imine (C=N–C) groups is 1.